The molecule has 0 aliphatic carbocycles. The zero-order valence-electron chi connectivity index (χ0n) is 11.2. The molecule has 1 rings (SSSR count). The number of sulfone groups is 1. The van der Waals surface area contributed by atoms with Crippen LogP contribution >= 0.6 is 0 Å². The van der Waals surface area contributed by atoms with Crippen molar-refractivity contribution in [3.05, 3.63) is 29.8 Å². The molecule has 106 valence electrons. The molecule has 0 aliphatic heterocycles. The molecule has 1 aromatic rings. The first kappa shape index (κ1) is 15.7. The average Bonchev–Trinajstić information content (AvgIpc) is 2.44. The first-order valence-electron chi connectivity index (χ1n) is 6.22. The van der Waals surface area contributed by atoms with Crippen LogP contribution in [0.2, 0.25) is 0 Å². The normalized spacial score (nSPS) is 13.0. The second kappa shape index (κ2) is 6.68. The maximum absolute atomic E-state index is 12.0. The Balaban J connectivity index is 2.98. The third-order valence-electron chi connectivity index (χ3n) is 2.86. The van der Waals surface area contributed by atoms with E-state index >= 15 is 0 Å². The predicted octanol–water partition coefficient (Wildman–Crippen LogP) is 0.805. The maximum Gasteiger partial charge on any atom is 0.252 e. The van der Waals surface area contributed by atoms with Gasteiger partial charge >= 0.3 is 0 Å². The summed E-state index contributed by atoms with van der Waals surface area (Å²) in [5.74, 6) is -0.261. The summed E-state index contributed by atoms with van der Waals surface area (Å²) < 4.78 is 23.8. The van der Waals surface area contributed by atoms with E-state index in [-0.39, 0.29) is 28.0 Å². The van der Waals surface area contributed by atoms with Gasteiger partial charge in [0.15, 0.2) is 9.84 Å². The molecule has 1 atom stereocenters. The van der Waals surface area contributed by atoms with Crippen LogP contribution in [-0.2, 0) is 9.84 Å². The van der Waals surface area contributed by atoms with Crippen molar-refractivity contribution in [1.29, 1.82) is 0 Å². The highest BCUT2D eigenvalue weighted by Crippen LogP contribution is 2.16. The van der Waals surface area contributed by atoms with Gasteiger partial charge < -0.3 is 11.1 Å². The van der Waals surface area contributed by atoms with Crippen LogP contribution in [-0.4, -0.2) is 33.2 Å². The van der Waals surface area contributed by atoms with Gasteiger partial charge in [-0.15, -0.1) is 0 Å². The zero-order valence-corrected chi connectivity index (χ0v) is 12.0. The third kappa shape index (κ3) is 4.04. The van der Waals surface area contributed by atoms with Crippen molar-refractivity contribution in [3.63, 3.8) is 0 Å². The number of nitrogens with two attached hydrogens (primary N) is 1. The second-order valence-electron chi connectivity index (χ2n) is 4.45. The Morgan fingerprint density at radius 2 is 2.00 bits per heavy atom. The molecule has 3 N–H and O–H groups in total. The van der Waals surface area contributed by atoms with Crippen LogP contribution in [0, 0.1) is 5.92 Å². The summed E-state index contributed by atoms with van der Waals surface area (Å²) in [6, 6.07) is 6.24. The van der Waals surface area contributed by atoms with Crippen molar-refractivity contribution in [3.8, 4) is 0 Å². The molecule has 0 fully saturated rings. The standard InChI is InChI=1S/C13H20N2O3S/c1-3-19(17,18)12-7-5-4-6-11(12)13(16)15-9-10(2)8-14/h4-7,10H,3,8-9,14H2,1-2H3,(H,15,16). The maximum atomic E-state index is 12.0. The van der Waals surface area contributed by atoms with Crippen molar-refractivity contribution < 1.29 is 13.2 Å². The molecule has 0 bridgehead atoms. The highest BCUT2D eigenvalue weighted by Gasteiger charge is 2.20. The molecule has 0 heterocycles. The van der Waals surface area contributed by atoms with Crippen LogP contribution in [0.25, 0.3) is 0 Å². The summed E-state index contributed by atoms with van der Waals surface area (Å²) in [6.45, 7) is 4.36. The highest BCUT2D eigenvalue weighted by atomic mass is 32.2. The number of hydrogen-bond acceptors (Lipinski definition) is 4. The minimum atomic E-state index is -3.40. The smallest absolute Gasteiger partial charge is 0.252 e. The fourth-order valence-corrected chi connectivity index (χ4v) is 2.62. The Kier molecular flexibility index (Phi) is 5.50. The lowest BCUT2D eigenvalue weighted by molar-refractivity contribution is 0.0945. The van der Waals surface area contributed by atoms with Crippen molar-refractivity contribution in [2.45, 2.75) is 18.7 Å². The SMILES string of the molecule is CCS(=O)(=O)c1ccccc1C(=O)NCC(C)CN. The number of rotatable bonds is 6. The van der Waals surface area contributed by atoms with E-state index in [9.17, 15) is 13.2 Å². The predicted molar refractivity (Wildman–Crippen MR) is 74.7 cm³/mol. The van der Waals surface area contributed by atoms with Gasteiger partial charge in [-0.25, -0.2) is 8.42 Å². The second-order valence-corrected chi connectivity index (χ2v) is 6.70. The number of carbonyl (C=O) groups is 1. The van der Waals surface area contributed by atoms with E-state index in [1.54, 1.807) is 19.1 Å². The van der Waals surface area contributed by atoms with Gasteiger partial charge in [0.05, 0.1) is 16.2 Å². The summed E-state index contributed by atoms with van der Waals surface area (Å²) >= 11 is 0. The van der Waals surface area contributed by atoms with Gasteiger partial charge in [-0.2, -0.15) is 0 Å². The molecule has 0 saturated carbocycles. The number of amides is 1. The minimum Gasteiger partial charge on any atom is -0.352 e. The van der Waals surface area contributed by atoms with Gasteiger partial charge in [0.25, 0.3) is 5.91 Å². The number of nitrogens with one attached hydrogen (secondary N) is 1. The molecule has 1 aromatic carbocycles. The Labute approximate surface area is 114 Å². The molecule has 6 heteroatoms. The minimum absolute atomic E-state index is 0.0313. The molecule has 0 spiro atoms. The molecule has 0 aromatic heterocycles. The zero-order chi connectivity index (χ0) is 14.5. The molecule has 19 heavy (non-hydrogen) atoms. The largest absolute Gasteiger partial charge is 0.352 e. The highest BCUT2D eigenvalue weighted by molar-refractivity contribution is 7.91. The Morgan fingerprint density at radius 1 is 1.37 bits per heavy atom. The molecular weight excluding hydrogens is 264 g/mol. The first-order chi connectivity index (χ1) is 8.92. The molecule has 0 radical (unpaired) electrons. The van der Waals surface area contributed by atoms with Crippen LogP contribution in [0.1, 0.15) is 24.2 Å². The lowest BCUT2D eigenvalue weighted by Crippen LogP contribution is -2.32. The quantitative estimate of drug-likeness (QED) is 0.809. The van der Waals surface area contributed by atoms with Gasteiger partial charge in [-0.05, 0) is 24.6 Å². The Hall–Kier alpha value is -1.40. The summed E-state index contributed by atoms with van der Waals surface area (Å²) in [4.78, 5) is 12.1. The lowest BCUT2D eigenvalue weighted by Gasteiger charge is -2.12. The first-order valence-corrected chi connectivity index (χ1v) is 7.87. The van der Waals surface area contributed by atoms with E-state index in [2.05, 4.69) is 5.32 Å². The van der Waals surface area contributed by atoms with Crippen LogP contribution in [0.3, 0.4) is 0 Å². The van der Waals surface area contributed by atoms with Crippen LogP contribution < -0.4 is 11.1 Å². The topological polar surface area (TPSA) is 89.3 Å². The van der Waals surface area contributed by atoms with Gasteiger partial charge in [0.2, 0.25) is 0 Å². The molecule has 5 nitrogen and oxygen atoms in total. The van der Waals surface area contributed by atoms with E-state index < -0.39 is 9.84 Å². The monoisotopic (exact) mass is 284 g/mol. The third-order valence-corrected chi connectivity index (χ3v) is 4.65. The van der Waals surface area contributed by atoms with E-state index in [0.717, 1.165) is 0 Å². The van der Waals surface area contributed by atoms with E-state index in [0.29, 0.717) is 13.1 Å². The number of hydrogen-bond donors (Lipinski definition) is 2. The number of carbonyl (C=O) groups excluding carboxylic acids is 1. The van der Waals surface area contributed by atoms with Crippen LogP contribution in [0.4, 0.5) is 0 Å². The molecule has 1 unspecified atom stereocenters. The molecule has 0 saturated heterocycles. The van der Waals surface area contributed by atoms with Gasteiger partial charge in [0, 0.05) is 6.54 Å². The number of benzene rings is 1. The summed E-state index contributed by atoms with van der Waals surface area (Å²) in [5.41, 5.74) is 5.66. The summed E-state index contributed by atoms with van der Waals surface area (Å²) in [6.07, 6.45) is 0. The van der Waals surface area contributed by atoms with E-state index in [1.165, 1.54) is 12.1 Å². The fourth-order valence-electron chi connectivity index (χ4n) is 1.53. The van der Waals surface area contributed by atoms with Gasteiger partial charge in [0.1, 0.15) is 0 Å². The Morgan fingerprint density at radius 3 is 2.58 bits per heavy atom. The fraction of sp³-hybridized carbons (Fsp3) is 0.462. The average molecular weight is 284 g/mol. The molecule has 1 amide bonds. The van der Waals surface area contributed by atoms with E-state index in [4.69, 9.17) is 5.73 Å². The molecular formula is C13H20N2O3S. The summed E-state index contributed by atoms with van der Waals surface area (Å²) in [7, 11) is -3.40. The van der Waals surface area contributed by atoms with Crippen molar-refractivity contribution >= 4 is 15.7 Å². The van der Waals surface area contributed by atoms with Crippen LogP contribution in [0.15, 0.2) is 29.2 Å². The Bertz CT molecular complexity index is 541. The van der Waals surface area contributed by atoms with E-state index in [1.807, 2.05) is 6.92 Å². The lowest BCUT2D eigenvalue weighted by atomic mass is 10.1. The van der Waals surface area contributed by atoms with Crippen molar-refractivity contribution in [2.24, 2.45) is 11.7 Å². The van der Waals surface area contributed by atoms with Crippen LogP contribution in [0.5, 0.6) is 0 Å². The van der Waals surface area contributed by atoms with Gasteiger partial charge in [-0.1, -0.05) is 26.0 Å². The summed E-state index contributed by atoms with van der Waals surface area (Å²) in [5, 5.41) is 2.70. The van der Waals surface area contributed by atoms with Crippen molar-refractivity contribution in [1.82, 2.24) is 5.32 Å². The van der Waals surface area contributed by atoms with Gasteiger partial charge in [-0.3, -0.25) is 4.79 Å². The molecule has 0 aliphatic rings. The van der Waals surface area contributed by atoms with Crippen molar-refractivity contribution in [2.75, 3.05) is 18.8 Å².